The molecule has 0 fully saturated rings. The minimum absolute atomic E-state index is 0.00771. The number of aliphatic hydroxyl groups is 1. The number of aliphatic hydroxyl groups excluding tert-OH is 1. The van der Waals surface area contributed by atoms with Gasteiger partial charge in [-0.3, -0.25) is 9.36 Å². The van der Waals surface area contributed by atoms with Gasteiger partial charge < -0.3 is 19.7 Å². The van der Waals surface area contributed by atoms with Crippen molar-refractivity contribution in [2.24, 2.45) is 10.2 Å². The maximum Gasteiger partial charge on any atom is 0.286 e. The molecule has 9 nitrogen and oxygen atoms in total. The number of aromatic hydroxyl groups is 1. The maximum absolute atomic E-state index is 12.0. The van der Waals surface area contributed by atoms with Gasteiger partial charge in [0.25, 0.3) is 5.56 Å². The lowest BCUT2D eigenvalue weighted by atomic mass is 10.5. The van der Waals surface area contributed by atoms with Crippen molar-refractivity contribution >= 4 is 35.3 Å². The molecule has 2 heterocycles. The van der Waals surface area contributed by atoms with E-state index in [9.17, 15) is 9.90 Å². The fourth-order valence-electron chi connectivity index (χ4n) is 1.34. The predicted molar refractivity (Wildman–Crippen MR) is 70.3 cm³/mol. The SMILES string of the molecule is O=c1c(N=Nc2cc(Cl)on2)c(O)[nH]c(=S)n1CCO. The highest BCUT2D eigenvalue weighted by Crippen LogP contribution is 2.22. The number of hydrogen-bond acceptors (Lipinski definition) is 8. The van der Waals surface area contributed by atoms with Crippen molar-refractivity contribution in [1.82, 2.24) is 14.7 Å². The molecule has 0 aliphatic rings. The molecule has 106 valence electrons. The first-order chi connectivity index (χ1) is 9.52. The fraction of sp³-hybridized carbons (Fsp3) is 0.222. The highest BCUT2D eigenvalue weighted by Gasteiger charge is 2.11. The lowest BCUT2D eigenvalue weighted by Gasteiger charge is -2.05. The van der Waals surface area contributed by atoms with Gasteiger partial charge in [-0.1, -0.05) is 5.16 Å². The number of nitrogens with zero attached hydrogens (tertiary/aromatic N) is 4. The van der Waals surface area contributed by atoms with Crippen LogP contribution >= 0.6 is 23.8 Å². The van der Waals surface area contributed by atoms with E-state index in [-0.39, 0.29) is 34.6 Å². The van der Waals surface area contributed by atoms with E-state index in [0.29, 0.717) is 0 Å². The summed E-state index contributed by atoms with van der Waals surface area (Å²) < 4.78 is 5.56. The smallest absolute Gasteiger partial charge is 0.286 e. The van der Waals surface area contributed by atoms with E-state index in [4.69, 9.17) is 28.9 Å². The van der Waals surface area contributed by atoms with Crippen LogP contribution < -0.4 is 5.56 Å². The highest BCUT2D eigenvalue weighted by molar-refractivity contribution is 7.71. The maximum atomic E-state index is 12.0. The third-order valence-electron chi connectivity index (χ3n) is 2.19. The van der Waals surface area contributed by atoms with Crippen LogP contribution in [0.25, 0.3) is 0 Å². The van der Waals surface area contributed by atoms with E-state index >= 15 is 0 Å². The molecule has 0 bridgehead atoms. The lowest BCUT2D eigenvalue weighted by molar-refractivity contribution is 0.272. The molecule has 0 amide bonds. The lowest BCUT2D eigenvalue weighted by Crippen LogP contribution is -2.23. The van der Waals surface area contributed by atoms with E-state index in [2.05, 4.69) is 24.9 Å². The van der Waals surface area contributed by atoms with Crippen molar-refractivity contribution in [3.8, 4) is 5.88 Å². The molecular weight excluding hydrogens is 310 g/mol. The Balaban J connectivity index is 2.46. The van der Waals surface area contributed by atoms with E-state index in [1.54, 1.807) is 0 Å². The number of nitrogens with one attached hydrogen (secondary N) is 1. The van der Waals surface area contributed by atoms with Crippen molar-refractivity contribution in [2.45, 2.75) is 6.54 Å². The Morgan fingerprint density at radius 3 is 2.90 bits per heavy atom. The molecule has 2 aromatic heterocycles. The molecule has 0 saturated carbocycles. The first-order valence-electron chi connectivity index (χ1n) is 5.24. The van der Waals surface area contributed by atoms with Crippen LogP contribution in [0.15, 0.2) is 25.6 Å². The summed E-state index contributed by atoms with van der Waals surface area (Å²) >= 11 is 10.4. The van der Waals surface area contributed by atoms with Gasteiger partial charge >= 0.3 is 0 Å². The van der Waals surface area contributed by atoms with Crippen molar-refractivity contribution < 1.29 is 14.7 Å². The second-order valence-corrected chi connectivity index (χ2v) is 4.26. The summed E-state index contributed by atoms with van der Waals surface area (Å²) in [7, 11) is 0. The van der Waals surface area contributed by atoms with Crippen LogP contribution in [0.3, 0.4) is 0 Å². The molecule has 0 saturated heterocycles. The monoisotopic (exact) mass is 317 g/mol. The van der Waals surface area contributed by atoms with E-state index < -0.39 is 11.4 Å². The van der Waals surface area contributed by atoms with Crippen LogP contribution in [0.5, 0.6) is 5.88 Å². The normalized spacial score (nSPS) is 11.3. The summed E-state index contributed by atoms with van der Waals surface area (Å²) in [4.78, 5) is 14.4. The molecule has 0 aromatic carbocycles. The standard InChI is InChI=1S/C9H8ClN5O4S/c10-4-3-5(14-19-4)12-13-6-7(17)11-9(20)15(1-2-16)8(6)18/h3,16-17H,1-2H2,(H,11,20). The molecule has 0 atom stereocenters. The molecule has 2 aromatic rings. The Morgan fingerprint density at radius 2 is 2.30 bits per heavy atom. The van der Waals surface area contributed by atoms with E-state index in [1.807, 2.05) is 0 Å². The van der Waals surface area contributed by atoms with Gasteiger partial charge in [0.05, 0.1) is 13.2 Å². The molecule has 11 heteroatoms. The molecule has 20 heavy (non-hydrogen) atoms. The first-order valence-corrected chi connectivity index (χ1v) is 6.02. The summed E-state index contributed by atoms with van der Waals surface area (Å²) in [5.41, 5.74) is -1.06. The third-order valence-corrected chi connectivity index (χ3v) is 2.69. The number of H-pyrrole nitrogens is 1. The minimum Gasteiger partial charge on any atom is -0.493 e. The fourth-order valence-corrected chi connectivity index (χ4v) is 1.74. The molecule has 0 unspecified atom stereocenters. The van der Waals surface area contributed by atoms with Crippen LogP contribution in [0.4, 0.5) is 11.5 Å². The summed E-state index contributed by atoms with van der Waals surface area (Å²) in [6.07, 6.45) is 0. The van der Waals surface area contributed by atoms with Crippen LogP contribution in [0.2, 0.25) is 5.22 Å². The largest absolute Gasteiger partial charge is 0.493 e. The van der Waals surface area contributed by atoms with Crippen molar-refractivity contribution in [3.05, 3.63) is 26.4 Å². The molecule has 2 rings (SSSR count). The summed E-state index contributed by atoms with van der Waals surface area (Å²) in [5, 5.41) is 29.1. The van der Waals surface area contributed by atoms with Gasteiger partial charge in [0.2, 0.25) is 22.6 Å². The van der Waals surface area contributed by atoms with Crippen LogP contribution in [-0.4, -0.2) is 31.5 Å². The number of aromatic amines is 1. The van der Waals surface area contributed by atoms with Crippen LogP contribution in [0.1, 0.15) is 0 Å². The Labute approximate surface area is 121 Å². The predicted octanol–water partition coefficient (Wildman–Crippen LogP) is 1.66. The van der Waals surface area contributed by atoms with E-state index in [0.717, 1.165) is 4.57 Å². The second-order valence-electron chi connectivity index (χ2n) is 3.50. The minimum atomic E-state index is -0.696. The van der Waals surface area contributed by atoms with Crippen molar-refractivity contribution in [2.75, 3.05) is 6.61 Å². The topological polar surface area (TPSA) is 129 Å². The molecular formula is C9H8ClN5O4S. The summed E-state index contributed by atoms with van der Waals surface area (Å²) in [6.45, 7) is -0.329. The summed E-state index contributed by atoms with van der Waals surface area (Å²) in [6, 6.07) is 1.28. The zero-order chi connectivity index (χ0) is 14.7. The quantitative estimate of drug-likeness (QED) is 0.581. The van der Waals surface area contributed by atoms with Crippen LogP contribution in [0, 0.1) is 4.77 Å². The Morgan fingerprint density at radius 1 is 1.55 bits per heavy atom. The average Bonchev–Trinajstić information content (AvgIpc) is 2.80. The number of aromatic nitrogens is 3. The molecule has 0 aliphatic heterocycles. The van der Waals surface area contributed by atoms with Crippen molar-refractivity contribution in [1.29, 1.82) is 0 Å². The van der Waals surface area contributed by atoms with E-state index in [1.165, 1.54) is 6.07 Å². The van der Waals surface area contributed by atoms with Gasteiger partial charge in [-0.05, 0) is 23.8 Å². The Bertz CT molecular complexity index is 764. The zero-order valence-electron chi connectivity index (χ0n) is 9.78. The number of rotatable bonds is 4. The molecule has 0 aliphatic carbocycles. The number of azo groups is 1. The van der Waals surface area contributed by atoms with Gasteiger partial charge in [0.1, 0.15) is 0 Å². The van der Waals surface area contributed by atoms with Gasteiger partial charge in [-0.2, -0.15) is 0 Å². The van der Waals surface area contributed by atoms with Gasteiger partial charge in [-0.15, -0.1) is 10.2 Å². The second kappa shape index (κ2) is 5.94. The molecule has 0 spiro atoms. The first kappa shape index (κ1) is 14.4. The van der Waals surface area contributed by atoms with Crippen LogP contribution in [-0.2, 0) is 6.54 Å². The summed E-state index contributed by atoms with van der Waals surface area (Å²) in [5.74, 6) is -0.502. The molecule has 0 radical (unpaired) electrons. The number of halogens is 1. The highest BCUT2D eigenvalue weighted by atomic mass is 35.5. The van der Waals surface area contributed by atoms with Gasteiger partial charge in [-0.25, -0.2) is 0 Å². The zero-order valence-corrected chi connectivity index (χ0v) is 11.3. The Kier molecular flexibility index (Phi) is 4.27. The molecule has 3 N–H and O–H groups in total. The third kappa shape index (κ3) is 2.92. The average molecular weight is 318 g/mol. The Hall–Kier alpha value is -2.04. The van der Waals surface area contributed by atoms with Gasteiger partial charge in [0, 0.05) is 6.07 Å². The van der Waals surface area contributed by atoms with Crippen molar-refractivity contribution in [3.63, 3.8) is 0 Å². The number of hydrogen-bond donors (Lipinski definition) is 3. The van der Waals surface area contributed by atoms with Gasteiger partial charge in [0.15, 0.2) is 4.77 Å².